The lowest BCUT2D eigenvalue weighted by Gasteiger charge is -2.33. The summed E-state index contributed by atoms with van der Waals surface area (Å²) < 4.78 is 10.00. The van der Waals surface area contributed by atoms with Gasteiger partial charge in [-0.3, -0.25) is 9.59 Å². The molecule has 1 atom stereocenters. The van der Waals surface area contributed by atoms with Gasteiger partial charge in [0.1, 0.15) is 5.92 Å². The zero-order chi connectivity index (χ0) is 13.7. The molecule has 0 aromatic heterocycles. The maximum atomic E-state index is 12.4. The second-order valence-electron chi connectivity index (χ2n) is 5.04. The van der Waals surface area contributed by atoms with Crippen molar-refractivity contribution >= 4 is 11.9 Å². The maximum absolute atomic E-state index is 12.4. The van der Waals surface area contributed by atoms with E-state index in [0.29, 0.717) is 13.2 Å². The van der Waals surface area contributed by atoms with Gasteiger partial charge in [-0.2, -0.15) is 0 Å². The monoisotopic (exact) mass is 257 g/mol. The normalized spacial score (nSPS) is 18.5. The highest BCUT2D eigenvalue weighted by Gasteiger charge is 2.35. The second kappa shape index (κ2) is 6.73. The molecule has 1 aliphatic heterocycles. The molecule has 1 aliphatic rings. The molecule has 1 unspecified atom stereocenters. The smallest absolute Gasteiger partial charge is 0.318 e. The minimum absolute atomic E-state index is 0.0627. The predicted molar refractivity (Wildman–Crippen MR) is 67.0 cm³/mol. The number of ether oxygens (including phenoxy) is 2. The third-order valence-corrected chi connectivity index (χ3v) is 3.47. The van der Waals surface area contributed by atoms with E-state index in [1.807, 2.05) is 13.8 Å². The molecule has 1 heterocycles. The van der Waals surface area contributed by atoms with Gasteiger partial charge in [0.15, 0.2) is 0 Å². The molecule has 0 N–H and O–H groups in total. The minimum atomic E-state index is -0.706. The van der Waals surface area contributed by atoms with Crippen LogP contribution in [0.25, 0.3) is 0 Å². The fraction of sp³-hybridized carbons (Fsp3) is 0.846. The van der Waals surface area contributed by atoms with E-state index in [2.05, 4.69) is 0 Å². The Balaban J connectivity index is 2.72. The Morgan fingerprint density at radius 3 is 2.28 bits per heavy atom. The van der Waals surface area contributed by atoms with E-state index < -0.39 is 11.9 Å². The molecular weight excluding hydrogens is 234 g/mol. The average molecular weight is 257 g/mol. The molecule has 1 fully saturated rings. The second-order valence-corrected chi connectivity index (χ2v) is 5.04. The quantitative estimate of drug-likeness (QED) is 0.558. The van der Waals surface area contributed by atoms with Gasteiger partial charge >= 0.3 is 5.97 Å². The number of hydrogen-bond donors (Lipinski definition) is 0. The summed E-state index contributed by atoms with van der Waals surface area (Å²) >= 11 is 0. The number of amides is 1. The molecule has 0 saturated carbocycles. The van der Waals surface area contributed by atoms with E-state index in [9.17, 15) is 9.59 Å². The van der Waals surface area contributed by atoms with Gasteiger partial charge in [0.25, 0.3) is 0 Å². The first-order valence-corrected chi connectivity index (χ1v) is 6.41. The molecule has 1 saturated heterocycles. The number of methoxy groups -OCH3 is 1. The molecule has 5 heteroatoms. The van der Waals surface area contributed by atoms with Crippen molar-refractivity contribution in [1.29, 1.82) is 0 Å². The number of rotatable bonds is 4. The summed E-state index contributed by atoms with van der Waals surface area (Å²) in [5, 5.41) is 0. The van der Waals surface area contributed by atoms with Gasteiger partial charge in [0, 0.05) is 26.3 Å². The fourth-order valence-electron chi connectivity index (χ4n) is 2.26. The Hall–Kier alpha value is -1.10. The van der Waals surface area contributed by atoms with Crippen molar-refractivity contribution in [3.05, 3.63) is 0 Å². The van der Waals surface area contributed by atoms with Crippen LogP contribution in [-0.4, -0.2) is 50.2 Å². The first-order chi connectivity index (χ1) is 8.49. The van der Waals surface area contributed by atoms with E-state index in [0.717, 1.165) is 12.8 Å². The zero-order valence-corrected chi connectivity index (χ0v) is 11.6. The first kappa shape index (κ1) is 15.0. The molecule has 0 spiro atoms. The van der Waals surface area contributed by atoms with Crippen molar-refractivity contribution in [3.8, 4) is 0 Å². The van der Waals surface area contributed by atoms with Gasteiger partial charge in [-0.25, -0.2) is 0 Å². The summed E-state index contributed by atoms with van der Waals surface area (Å²) in [5.41, 5.74) is 0. The van der Waals surface area contributed by atoms with Crippen LogP contribution in [0.1, 0.15) is 26.7 Å². The van der Waals surface area contributed by atoms with Crippen LogP contribution in [0.4, 0.5) is 0 Å². The van der Waals surface area contributed by atoms with Crippen LogP contribution in [0, 0.1) is 11.8 Å². The summed E-state index contributed by atoms with van der Waals surface area (Å²) in [6.07, 6.45) is 1.66. The number of carbonyl (C=O) groups is 2. The molecule has 1 rings (SSSR count). The third-order valence-electron chi connectivity index (χ3n) is 3.47. The maximum Gasteiger partial charge on any atom is 0.318 e. The van der Waals surface area contributed by atoms with Crippen LogP contribution in [0.3, 0.4) is 0 Å². The highest BCUT2D eigenvalue weighted by molar-refractivity contribution is 5.98. The Bertz CT molecular complexity index is 297. The summed E-state index contributed by atoms with van der Waals surface area (Å²) in [5.74, 6) is -1.37. The van der Waals surface area contributed by atoms with Crippen LogP contribution in [0.2, 0.25) is 0 Å². The lowest BCUT2D eigenvalue weighted by atomic mass is 9.93. The molecule has 5 nitrogen and oxygen atoms in total. The van der Waals surface area contributed by atoms with Crippen LogP contribution in [-0.2, 0) is 19.1 Å². The zero-order valence-electron chi connectivity index (χ0n) is 11.6. The SMILES string of the molecule is COC(=O)C(C(=O)N(C)C1CCOCC1)C(C)C. The lowest BCUT2D eigenvalue weighted by Crippen LogP contribution is -2.46. The standard InChI is InChI=1S/C13H23NO4/c1-9(2)11(13(16)17-4)12(15)14(3)10-5-7-18-8-6-10/h9-11H,5-8H2,1-4H3. The Morgan fingerprint density at radius 1 is 1.28 bits per heavy atom. The molecular formula is C13H23NO4. The summed E-state index contributed by atoms with van der Waals surface area (Å²) in [6.45, 7) is 5.06. The van der Waals surface area contributed by atoms with Gasteiger partial charge in [0.05, 0.1) is 7.11 Å². The highest BCUT2D eigenvalue weighted by Crippen LogP contribution is 2.20. The lowest BCUT2D eigenvalue weighted by molar-refractivity contribution is -0.156. The molecule has 0 bridgehead atoms. The van der Waals surface area contributed by atoms with Gasteiger partial charge in [-0.05, 0) is 18.8 Å². The highest BCUT2D eigenvalue weighted by atomic mass is 16.5. The van der Waals surface area contributed by atoms with Gasteiger partial charge in [-0.15, -0.1) is 0 Å². The number of carbonyl (C=O) groups excluding carboxylic acids is 2. The van der Waals surface area contributed by atoms with Crippen molar-refractivity contribution in [2.45, 2.75) is 32.7 Å². The van der Waals surface area contributed by atoms with Crippen LogP contribution in [0.5, 0.6) is 0 Å². The van der Waals surface area contributed by atoms with E-state index in [4.69, 9.17) is 9.47 Å². The van der Waals surface area contributed by atoms with Crippen molar-refractivity contribution in [1.82, 2.24) is 4.90 Å². The topological polar surface area (TPSA) is 55.8 Å². The summed E-state index contributed by atoms with van der Waals surface area (Å²) in [7, 11) is 3.08. The molecule has 0 aromatic carbocycles. The Labute approximate surface area is 108 Å². The van der Waals surface area contributed by atoms with E-state index in [1.165, 1.54) is 7.11 Å². The van der Waals surface area contributed by atoms with Crippen LogP contribution >= 0.6 is 0 Å². The first-order valence-electron chi connectivity index (χ1n) is 6.41. The molecule has 18 heavy (non-hydrogen) atoms. The van der Waals surface area contributed by atoms with Crippen molar-refractivity contribution < 1.29 is 19.1 Å². The number of hydrogen-bond acceptors (Lipinski definition) is 4. The van der Waals surface area contributed by atoms with Crippen LogP contribution in [0.15, 0.2) is 0 Å². The van der Waals surface area contributed by atoms with Crippen molar-refractivity contribution in [3.63, 3.8) is 0 Å². The molecule has 1 amide bonds. The van der Waals surface area contributed by atoms with E-state index in [1.54, 1.807) is 11.9 Å². The van der Waals surface area contributed by atoms with Gasteiger partial charge in [-0.1, -0.05) is 13.8 Å². The van der Waals surface area contributed by atoms with Gasteiger partial charge < -0.3 is 14.4 Å². The molecule has 0 aliphatic carbocycles. The molecule has 0 aromatic rings. The predicted octanol–water partition coefficient (Wildman–Crippen LogP) is 1.07. The Kier molecular flexibility index (Phi) is 5.59. The van der Waals surface area contributed by atoms with E-state index in [-0.39, 0.29) is 17.9 Å². The van der Waals surface area contributed by atoms with Gasteiger partial charge in [0.2, 0.25) is 5.91 Å². The number of nitrogens with zero attached hydrogens (tertiary/aromatic N) is 1. The minimum Gasteiger partial charge on any atom is -0.468 e. The van der Waals surface area contributed by atoms with Crippen molar-refractivity contribution in [2.75, 3.05) is 27.4 Å². The Morgan fingerprint density at radius 2 is 1.83 bits per heavy atom. The van der Waals surface area contributed by atoms with Crippen molar-refractivity contribution in [2.24, 2.45) is 11.8 Å². The average Bonchev–Trinajstić information content (AvgIpc) is 2.38. The number of esters is 1. The van der Waals surface area contributed by atoms with E-state index >= 15 is 0 Å². The summed E-state index contributed by atoms with van der Waals surface area (Å²) in [4.78, 5) is 25.7. The molecule has 0 radical (unpaired) electrons. The fourth-order valence-corrected chi connectivity index (χ4v) is 2.26. The van der Waals surface area contributed by atoms with Crippen LogP contribution < -0.4 is 0 Å². The third kappa shape index (κ3) is 3.45. The largest absolute Gasteiger partial charge is 0.468 e. The molecule has 104 valence electrons. The summed E-state index contributed by atoms with van der Waals surface area (Å²) in [6, 6.07) is 0.164.